The summed E-state index contributed by atoms with van der Waals surface area (Å²) < 4.78 is 9.86. The molecule has 0 saturated heterocycles. The van der Waals surface area contributed by atoms with Crippen molar-refractivity contribution in [3.05, 3.63) is 35.9 Å². The van der Waals surface area contributed by atoms with Gasteiger partial charge >= 0.3 is 12.1 Å². The maximum Gasteiger partial charge on any atom is 0.407 e. The highest BCUT2D eigenvalue weighted by atomic mass is 16.5. The van der Waals surface area contributed by atoms with Gasteiger partial charge in [0.2, 0.25) is 11.8 Å². The molecule has 0 radical (unpaired) electrons. The molecule has 30 heavy (non-hydrogen) atoms. The van der Waals surface area contributed by atoms with Crippen LogP contribution in [0.3, 0.4) is 0 Å². The normalized spacial score (nSPS) is 13.4. The number of ether oxygens (including phenoxy) is 2. The second kappa shape index (κ2) is 13.2. The summed E-state index contributed by atoms with van der Waals surface area (Å²) in [4.78, 5) is 47.0. The van der Waals surface area contributed by atoms with Crippen molar-refractivity contribution in [2.45, 2.75) is 45.4 Å². The number of alkyl carbamates (subject to hydrolysis) is 1. The summed E-state index contributed by atoms with van der Waals surface area (Å²) in [6.45, 7) is 3.26. The van der Waals surface area contributed by atoms with Crippen molar-refractivity contribution in [2.75, 3.05) is 13.2 Å². The van der Waals surface area contributed by atoms with Gasteiger partial charge in [-0.25, -0.2) is 4.79 Å². The van der Waals surface area contributed by atoms with E-state index in [1.54, 1.807) is 26.0 Å². The number of esters is 1. The molecule has 1 aromatic carbocycles. The Morgan fingerprint density at radius 1 is 1.13 bits per heavy atom. The lowest BCUT2D eigenvalue weighted by Crippen LogP contribution is -2.47. The van der Waals surface area contributed by atoms with Gasteiger partial charge in [0.25, 0.3) is 0 Å². The zero-order chi connectivity index (χ0) is 22.5. The highest BCUT2D eigenvalue weighted by Crippen LogP contribution is 2.09. The molecule has 5 N–H and O–H groups in total. The quantitative estimate of drug-likeness (QED) is 0.350. The predicted molar refractivity (Wildman–Crippen MR) is 107 cm³/mol. The molecule has 0 unspecified atom stereocenters. The number of hydrogen-bond donors (Lipinski definition) is 4. The highest BCUT2D eigenvalue weighted by molar-refractivity contribution is 5.87. The molecule has 3 amide bonds. The van der Waals surface area contributed by atoms with Crippen LogP contribution in [0.2, 0.25) is 0 Å². The Kier molecular flexibility index (Phi) is 10.9. The van der Waals surface area contributed by atoms with E-state index in [2.05, 4.69) is 10.6 Å². The van der Waals surface area contributed by atoms with Crippen molar-refractivity contribution in [1.82, 2.24) is 10.6 Å². The van der Waals surface area contributed by atoms with E-state index < -0.39 is 41.9 Å². The van der Waals surface area contributed by atoms with E-state index in [0.29, 0.717) is 0 Å². The fourth-order valence-electron chi connectivity index (χ4n) is 2.50. The molecule has 3 atom stereocenters. The average Bonchev–Trinajstić information content (AvgIpc) is 2.70. The van der Waals surface area contributed by atoms with Gasteiger partial charge in [-0.05, 0) is 18.9 Å². The molecule has 0 fully saturated rings. The minimum Gasteiger partial charge on any atom is -0.466 e. The van der Waals surface area contributed by atoms with Crippen LogP contribution < -0.4 is 16.4 Å². The molecule has 0 spiro atoms. The standard InChI is InChI=1S/C20H29N3O7/c1-3-29-19(27)13(2)9-16(18(21)26)23-17(25)10-15(24)11-22-20(28)30-12-14-7-5-4-6-8-14/h4-8,13,15-16,24H,3,9-12H2,1-2H3,(H2,21,26)(H,22,28)(H,23,25)/t13-,15+,16+/m1/s1. The minimum atomic E-state index is -1.20. The molecular formula is C20H29N3O7. The van der Waals surface area contributed by atoms with Crippen molar-refractivity contribution >= 4 is 23.9 Å². The van der Waals surface area contributed by atoms with Crippen LogP contribution in [0.4, 0.5) is 4.79 Å². The molecular weight excluding hydrogens is 394 g/mol. The van der Waals surface area contributed by atoms with E-state index in [1.165, 1.54) is 0 Å². The van der Waals surface area contributed by atoms with Gasteiger partial charge < -0.3 is 30.9 Å². The average molecular weight is 423 g/mol. The first kappa shape index (κ1) is 24.9. The summed E-state index contributed by atoms with van der Waals surface area (Å²) in [5.41, 5.74) is 6.08. The molecule has 0 aliphatic rings. The Balaban J connectivity index is 2.37. The first-order valence-electron chi connectivity index (χ1n) is 9.60. The third kappa shape index (κ3) is 9.87. The monoisotopic (exact) mass is 423 g/mol. The number of benzene rings is 1. The Labute approximate surface area is 175 Å². The van der Waals surface area contributed by atoms with Gasteiger partial charge in [-0.2, -0.15) is 0 Å². The Morgan fingerprint density at radius 2 is 1.80 bits per heavy atom. The summed E-state index contributed by atoms with van der Waals surface area (Å²) in [5, 5.41) is 14.7. The van der Waals surface area contributed by atoms with Crippen LogP contribution >= 0.6 is 0 Å². The zero-order valence-electron chi connectivity index (χ0n) is 17.1. The smallest absolute Gasteiger partial charge is 0.407 e. The molecule has 1 rings (SSSR count). The zero-order valence-corrected chi connectivity index (χ0v) is 17.1. The molecule has 10 heteroatoms. The summed E-state index contributed by atoms with van der Waals surface area (Å²) in [6.07, 6.45) is -2.35. The largest absolute Gasteiger partial charge is 0.466 e. The van der Waals surface area contributed by atoms with Crippen molar-refractivity contribution in [3.8, 4) is 0 Å². The number of rotatable bonds is 12. The number of nitrogens with one attached hydrogen (secondary N) is 2. The number of carbonyl (C=O) groups excluding carboxylic acids is 4. The number of aliphatic hydroxyl groups is 1. The molecule has 0 aliphatic carbocycles. The molecule has 0 aromatic heterocycles. The van der Waals surface area contributed by atoms with Gasteiger partial charge in [-0.1, -0.05) is 37.3 Å². The van der Waals surface area contributed by atoms with Crippen molar-refractivity contribution in [3.63, 3.8) is 0 Å². The van der Waals surface area contributed by atoms with Crippen LogP contribution in [0.1, 0.15) is 32.3 Å². The third-order valence-corrected chi connectivity index (χ3v) is 4.07. The Bertz CT molecular complexity index is 712. The number of nitrogens with two attached hydrogens (primary N) is 1. The number of amides is 3. The van der Waals surface area contributed by atoms with Gasteiger partial charge in [0.05, 0.1) is 25.0 Å². The molecule has 10 nitrogen and oxygen atoms in total. The van der Waals surface area contributed by atoms with E-state index in [0.717, 1.165) is 5.56 Å². The van der Waals surface area contributed by atoms with Crippen molar-refractivity contribution in [1.29, 1.82) is 0 Å². The maximum atomic E-state index is 12.1. The highest BCUT2D eigenvalue weighted by Gasteiger charge is 2.26. The van der Waals surface area contributed by atoms with Gasteiger partial charge in [-0.15, -0.1) is 0 Å². The maximum absolute atomic E-state index is 12.1. The second-order valence-electron chi connectivity index (χ2n) is 6.71. The van der Waals surface area contributed by atoms with Crippen LogP contribution in [0.25, 0.3) is 0 Å². The Morgan fingerprint density at radius 3 is 2.40 bits per heavy atom. The van der Waals surface area contributed by atoms with Gasteiger partial charge in [0.1, 0.15) is 12.6 Å². The van der Waals surface area contributed by atoms with Crippen LogP contribution in [0.15, 0.2) is 30.3 Å². The van der Waals surface area contributed by atoms with Crippen molar-refractivity contribution < 1.29 is 33.8 Å². The molecule has 0 aliphatic heterocycles. The van der Waals surface area contributed by atoms with Crippen LogP contribution in [-0.2, 0) is 30.5 Å². The topological polar surface area (TPSA) is 157 Å². The number of hydrogen-bond acceptors (Lipinski definition) is 7. The van der Waals surface area contributed by atoms with E-state index in [-0.39, 0.29) is 32.6 Å². The van der Waals surface area contributed by atoms with E-state index in [4.69, 9.17) is 15.2 Å². The molecule has 1 aromatic rings. The predicted octanol–water partition coefficient (Wildman–Crippen LogP) is 0.223. The molecule has 0 bridgehead atoms. The van der Waals surface area contributed by atoms with E-state index in [1.807, 2.05) is 18.2 Å². The second-order valence-corrected chi connectivity index (χ2v) is 6.71. The SMILES string of the molecule is CCOC(=O)[C@H](C)C[C@H](NC(=O)C[C@H](O)CNC(=O)OCc1ccccc1)C(N)=O. The van der Waals surface area contributed by atoms with Crippen LogP contribution in [-0.4, -0.2) is 54.3 Å². The lowest BCUT2D eigenvalue weighted by atomic mass is 10.0. The fraction of sp³-hybridized carbons (Fsp3) is 0.500. The molecule has 0 saturated carbocycles. The Hall–Kier alpha value is -3.14. The van der Waals surface area contributed by atoms with Gasteiger partial charge in [-0.3, -0.25) is 14.4 Å². The number of carbonyl (C=O) groups is 4. The van der Waals surface area contributed by atoms with Gasteiger partial charge in [0, 0.05) is 6.54 Å². The first-order valence-corrected chi connectivity index (χ1v) is 9.60. The van der Waals surface area contributed by atoms with Gasteiger partial charge in [0.15, 0.2) is 0 Å². The summed E-state index contributed by atoms with van der Waals surface area (Å²) in [5.74, 6) is -2.61. The van der Waals surface area contributed by atoms with Crippen LogP contribution in [0, 0.1) is 5.92 Å². The van der Waals surface area contributed by atoms with Crippen molar-refractivity contribution in [2.24, 2.45) is 11.7 Å². The number of primary amides is 1. The lowest BCUT2D eigenvalue weighted by molar-refractivity contribution is -0.148. The van der Waals surface area contributed by atoms with Crippen LogP contribution in [0.5, 0.6) is 0 Å². The summed E-state index contributed by atoms with van der Waals surface area (Å²) >= 11 is 0. The third-order valence-electron chi connectivity index (χ3n) is 4.07. The minimum absolute atomic E-state index is 0.0277. The van der Waals surface area contributed by atoms with E-state index >= 15 is 0 Å². The number of aliphatic hydroxyl groups excluding tert-OH is 1. The first-order chi connectivity index (χ1) is 14.2. The fourth-order valence-corrected chi connectivity index (χ4v) is 2.50. The summed E-state index contributed by atoms with van der Waals surface area (Å²) in [7, 11) is 0. The lowest BCUT2D eigenvalue weighted by Gasteiger charge is -2.20. The van der Waals surface area contributed by atoms with E-state index in [9.17, 15) is 24.3 Å². The molecule has 0 heterocycles. The summed E-state index contributed by atoms with van der Waals surface area (Å²) in [6, 6.07) is 7.96. The molecule has 166 valence electrons.